The number of carbonyl (C=O) groups is 1. The second kappa shape index (κ2) is 6.80. The Morgan fingerprint density at radius 1 is 1.29 bits per heavy atom. The van der Waals surface area contributed by atoms with Crippen LogP contribution >= 0.6 is 0 Å². The van der Waals surface area contributed by atoms with E-state index in [-0.39, 0.29) is 17.6 Å². The molecule has 0 aromatic heterocycles. The average molecular weight is 312 g/mol. The minimum absolute atomic E-state index is 0.0341. The lowest BCUT2D eigenvalue weighted by Crippen LogP contribution is -2.39. The molecule has 1 aliphatic rings. The Morgan fingerprint density at radius 3 is 2.52 bits per heavy atom. The van der Waals surface area contributed by atoms with Crippen LogP contribution < -0.4 is 20.5 Å². The average Bonchev–Trinajstić information content (AvgIpc) is 2.49. The number of carbonyl (C=O) groups excluding carboxylic acids is 1. The predicted molar refractivity (Wildman–Crippen MR) is 82.3 cm³/mol. The third kappa shape index (κ3) is 3.66. The maximum atomic E-state index is 12.4. The molecule has 1 saturated heterocycles. The Balaban J connectivity index is 2.16. The summed E-state index contributed by atoms with van der Waals surface area (Å²) in [4.78, 5) is 12.4. The van der Waals surface area contributed by atoms with Gasteiger partial charge >= 0.3 is 0 Å². The van der Waals surface area contributed by atoms with Crippen molar-refractivity contribution in [3.63, 3.8) is 0 Å². The van der Waals surface area contributed by atoms with Crippen LogP contribution in [0.1, 0.15) is 23.2 Å². The second-order valence-corrected chi connectivity index (χ2v) is 6.58. The molecular weight excluding hydrogens is 292 g/mol. The fourth-order valence-corrected chi connectivity index (χ4v) is 3.58. The van der Waals surface area contributed by atoms with E-state index in [1.807, 2.05) is 0 Å². The first-order valence-electron chi connectivity index (χ1n) is 6.72. The molecule has 0 atom stereocenters. The third-order valence-corrected chi connectivity index (χ3v) is 4.92. The first-order chi connectivity index (χ1) is 10.0. The number of anilines is 1. The summed E-state index contributed by atoms with van der Waals surface area (Å²) in [7, 11) is 2.26. The summed E-state index contributed by atoms with van der Waals surface area (Å²) in [5.41, 5.74) is 6.57. The maximum absolute atomic E-state index is 12.4. The highest BCUT2D eigenvalue weighted by Gasteiger charge is 2.22. The zero-order chi connectivity index (χ0) is 15.4. The minimum atomic E-state index is -0.751. The summed E-state index contributed by atoms with van der Waals surface area (Å²) in [5.74, 6) is 1.91. The van der Waals surface area contributed by atoms with Crippen LogP contribution in [0.15, 0.2) is 12.1 Å². The highest BCUT2D eigenvalue weighted by molar-refractivity contribution is 7.85. The molecule has 21 heavy (non-hydrogen) atoms. The highest BCUT2D eigenvalue weighted by Crippen LogP contribution is 2.31. The second-order valence-electron chi connectivity index (χ2n) is 4.89. The molecule has 0 unspecified atom stereocenters. The van der Waals surface area contributed by atoms with E-state index < -0.39 is 10.8 Å². The van der Waals surface area contributed by atoms with E-state index in [2.05, 4.69) is 5.32 Å². The Hall–Kier alpha value is -1.76. The van der Waals surface area contributed by atoms with Gasteiger partial charge in [0.25, 0.3) is 5.91 Å². The molecule has 0 radical (unpaired) electrons. The van der Waals surface area contributed by atoms with Crippen molar-refractivity contribution in [1.29, 1.82) is 0 Å². The number of ether oxygens (including phenoxy) is 2. The third-order valence-electron chi connectivity index (χ3n) is 3.54. The van der Waals surface area contributed by atoms with E-state index in [9.17, 15) is 9.00 Å². The number of nitrogen functional groups attached to an aromatic ring is 1. The Bertz CT molecular complexity index is 552. The molecule has 7 heteroatoms. The molecule has 2 rings (SSSR count). The number of rotatable bonds is 4. The van der Waals surface area contributed by atoms with Gasteiger partial charge in [-0.2, -0.15) is 0 Å². The van der Waals surface area contributed by atoms with Crippen LogP contribution in [0.3, 0.4) is 0 Å². The molecule has 1 aromatic carbocycles. The molecule has 1 aromatic rings. The van der Waals surface area contributed by atoms with Crippen molar-refractivity contribution in [3.8, 4) is 11.5 Å². The van der Waals surface area contributed by atoms with Crippen molar-refractivity contribution in [3.05, 3.63) is 17.7 Å². The van der Waals surface area contributed by atoms with Crippen LogP contribution in [0, 0.1) is 0 Å². The number of benzene rings is 1. The molecule has 3 N–H and O–H groups in total. The number of hydrogen-bond acceptors (Lipinski definition) is 5. The SMILES string of the molecule is COc1cc(OC)c(N)c(C(=O)NC2CCS(=O)CC2)c1. The largest absolute Gasteiger partial charge is 0.497 e. The van der Waals surface area contributed by atoms with Gasteiger partial charge in [-0.15, -0.1) is 0 Å². The number of methoxy groups -OCH3 is 2. The lowest BCUT2D eigenvalue weighted by Gasteiger charge is -2.23. The molecule has 0 bridgehead atoms. The quantitative estimate of drug-likeness (QED) is 0.807. The molecule has 1 amide bonds. The van der Waals surface area contributed by atoms with Gasteiger partial charge in [0, 0.05) is 34.4 Å². The normalized spacial score (nSPS) is 21.6. The van der Waals surface area contributed by atoms with Crippen molar-refractivity contribution < 1.29 is 18.5 Å². The molecule has 0 spiro atoms. The lowest BCUT2D eigenvalue weighted by atomic mass is 10.1. The monoisotopic (exact) mass is 312 g/mol. The van der Waals surface area contributed by atoms with Crippen LogP contribution in [0.25, 0.3) is 0 Å². The summed E-state index contributed by atoms with van der Waals surface area (Å²) in [6.07, 6.45) is 1.44. The van der Waals surface area contributed by atoms with E-state index >= 15 is 0 Å². The first kappa shape index (κ1) is 15.6. The summed E-state index contributed by atoms with van der Waals surface area (Å²) in [6, 6.07) is 3.26. The van der Waals surface area contributed by atoms with E-state index in [0.29, 0.717) is 28.6 Å². The van der Waals surface area contributed by atoms with Crippen LogP contribution in [-0.4, -0.2) is 41.9 Å². The Morgan fingerprint density at radius 2 is 1.95 bits per heavy atom. The van der Waals surface area contributed by atoms with Crippen LogP contribution in [0.4, 0.5) is 5.69 Å². The minimum Gasteiger partial charge on any atom is -0.497 e. The van der Waals surface area contributed by atoms with Gasteiger partial charge in [0.2, 0.25) is 0 Å². The Kier molecular flexibility index (Phi) is 5.06. The molecule has 116 valence electrons. The van der Waals surface area contributed by atoms with Gasteiger partial charge in [0.1, 0.15) is 11.5 Å². The number of nitrogens with two attached hydrogens (primary N) is 1. The molecule has 6 nitrogen and oxygen atoms in total. The van der Waals surface area contributed by atoms with Crippen LogP contribution in [0.5, 0.6) is 11.5 Å². The van der Waals surface area contributed by atoms with Crippen molar-refractivity contribution in [2.24, 2.45) is 0 Å². The van der Waals surface area contributed by atoms with Crippen molar-refractivity contribution in [2.45, 2.75) is 18.9 Å². The summed E-state index contributed by atoms with van der Waals surface area (Å²) >= 11 is 0. The van der Waals surface area contributed by atoms with Crippen LogP contribution in [0.2, 0.25) is 0 Å². The number of nitrogens with one attached hydrogen (secondary N) is 1. The molecule has 0 saturated carbocycles. The van der Waals surface area contributed by atoms with E-state index in [1.54, 1.807) is 12.1 Å². The van der Waals surface area contributed by atoms with E-state index in [0.717, 1.165) is 12.8 Å². The standard InChI is InChI=1S/C14H20N2O4S/c1-19-10-7-11(13(15)12(8-10)20-2)14(17)16-9-3-5-21(18)6-4-9/h7-9H,3-6,15H2,1-2H3,(H,16,17). The molecule has 1 aliphatic heterocycles. The summed E-state index contributed by atoms with van der Waals surface area (Å²) in [5, 5.41) is 2.93. The van der Waals surface area contributed by atoms with Gasteiger partial charge in [-0.25, -0.2) is 0 Å². The first-order valence-corrected chi connectivity index (χ1v) is 8.21. The molecular formula is C14H20N2O4S. The fourth-order valence-electron chi connectivity index (χ4n) is 2.28. The van der Waals surface area contributed by atoms with Crippen LogP contribution in [-0.2, 0) is 10.8 Å². The maximum Gasteiger partial charge on any atom is 0.253 e. The zero-order valence-electron chi connectivity index (χ0n) is 12.2. The van der Waals surface area contributed by atoms with E-state index in [1.165, 1.54) is 14.2 Å². The van der Waals surface area contributed by atoms with Gasteiger partial charge < -0.3 is 20.5 Å². The van der Waals surface area contributed by atoms with Gasteiger partial charge in [-0.05, 0) is 18.9 Å². The molecule has 0 aliphatic carbocycles. The van der Waals surface area contributed by atoms with Crippen molar-refractivity contribution in [2.75, 3.05) is 31.5 Å². The molecule has 1 heterocycles. The van der Waals surface area contributed by atoms with Gasteiger partial charge in [-0.3, -0.25) is 9.00 Å². The topological polar surface area (TPSA) is 90.7 Å². The van der Waals surface area contributed by atoms with Crippen molar-refractivity contribution in [1.82, 2.24) is 5.32 Å². The molecule has 1 fully saturated rings. The Labute approximate surface area is 126 Å². The fraction of sp³-hybridized carbons (Fsp3) is 0.500. The van der Waals surface area contributed by atoms with E-state index in [4.69, 9.17) is 15.2 Å². The smallest absolute Gasteiger partial charge is 0.253 e. The number of hydrogen-bond donors (Lipinski definition) is 2. The van der Waals surface area contributed by atoms with Gasteiger partial charge in [0.05, 0.1) is 25.5 Å². The summed E-state index contributed by atoms with van der Waals surface area (Å²) in [6.45, 7) is 0. The lowest BCUT2D eigenvalue weighted by molar-refractivity contribution is 0.0935. The predicted octanol–water partition coefficient (Wildman–Crippen LogP) is 0.927. The zero-order valence-corrected chi connectivity index (χ0v) is 13.0. The number of amides is 1. The van der Waals surface area contributed by atoms with Gasteiger partial charge in [-0.1, -0.05) is 0 Å². The highest BCUT2D eigenvalue weighted by atomic mass is 32.2. The van der Waals surface area contributed by atoms with Gasteiger partial charge in [0.15, 0.2) is 0 Å². The van der Waals surface area contributed by atoms with Crippen molar-refractivity contribution >= 4 is 22.4 Å². The summed E-state index contributed by atoms with van der Waals surface area (Å²) < 4.78 is 21.6.